The van der Waals surface area contributed by atoms with E-state index in [1.165, 1.54) is 42.5 Å². The predicted molar refractivity (Wildman–Crippen MR) is 116 cm³/mol. The quantitative estimate of drug-likeness (QED) is 0.296. The van der Waals surface area contributed by atoms with Crippen LogP contribution < -0.4 is 16.1 Å². The van der Waals surface area contributed by atoms with Crippen molar-refractivity contribution in [2.24, 2.45) is 0 Å². The lowest BCUT2D eigenvalue weighted by atomic mass is 10.1. The second-order valence-corrected chi connectivity index (χ2v) is 9.22. The molecule has 0 aliphatic rings. The first-order valence-corrected chi connectivity index (χ1v) is 10.2. The highest BCUT2D eigenvalue weighted by Crippen LogP contribution is 2.35. The van der Waals surface area contributed by atoms with Crippen LogP contribution in [-0.2, 0) is 0 Å². The zero-order valence-corrected chi connectivity index (χ0v) is 18.6. The lowest BCUT2D eigenvalue weighted by molar-refractivity contribution is -0.129. The average molecular weight is 520 g/mol. The van der Waals surface area contributed by atoms with Crippen LogP contribution in [0.1, 0.15) is 20.0 Å². The molecule has 0 spiro atoms. The van der Waals surface area contributed by atoms with Gasteiger partial charge >= 0.3 is 6.18 Å². The Morgan fingerprint density at radius 2 is 1.97 bits per heavy atom. The van der Waals surface area contributed by atoms with Crippen LogP contribution in [0.4, 0.5) is 30.4 Å². The molecule has 0 unspecified atom stereocenters. The molecule has 0 saturated carbocycles. The molecule has 0 atom stereocenters. The number of aromatic amines is 1. The number of hydrogen-bond acceptors (Lipinski definition) is 6. The van der Waals surface area contributed by atoms with Crippen LogP contribution in [-0.4, -0.2) is 53.7 Å². The third kappa shape index (κ3) is 4.94. The number of H-pyrrole nitrogens is 1. The van der Waals surface area contributed by atoms with Gasteiger partial charge in [-0.25, -0.2) is 5.06 Å². The highest BCUT2D eigenvalue weighted by molar-refractivity contribution is 9.11. The molecule has 2 amide bonds. The first-order valence-electron chi connectivity index (χ1n) is 8.64. The minimum absolute atomic E-state index is 0.0191. The van der Waals surface area contributed by atoms with Gasteiger partial charge in [0.1, 0.15) is 12.4 Å². The minimum Gasteiger partial charge on any atom is -0.397 e. The van der Waals surface area contributed by atoms with Crippen LogP contribution in [0, 0.1) is 0 Å². The van der Waals surface area contributed by atoms with E-state index in [4.69, 9.17) is 5.73 Å². The summed E-state index contributed by atoms with van der Waals surface area (Å²) in [5.74, 6) is -0.936. The van der Waals surface area contributed by atoms with Gasteiger partial charge in [-0.15, -0.1) is 11.3 Å². The van der Waals surface area contributed by atoms with Crippen molar-refractivity contribution in [2.75, 3.05) is 36.8 Å². The number of thiophene rings is 1. The summed E-state index contributed by atoms with van der Waals surface area (Å²) in [6.45, 7) is -1.65. The Bertz CT molecular complexity index is 1160. The van der Waals surface area contributed by atoms with Crippen molar-refractivity contribution in [3.8, 4) is 0 Å². The van der Waals surface area contributed by atoms with Crippen LogP contribution in [0.2, 0.25) is 0 Å². The second-order valence-electron chi connectivity index (χ2n) is 6.76. The number of aromatic nitrogens is 1. The van der Waals surface area contributed by atoms with E-state index in [2.05, 4.69) is 26.2 Å². The monoisotopic (exact) mass is 519 g/mol. The number of nitrogens with two attached hydrogens (primary N) is 1. The molecule has 3 rings (SSSR count). The van der Waals surface area contributed by atoms with Crippen molar-refractivity contribution in [1.82, 2.24) is 9.88 Å². The molecule has 31 heavy (non-hydrogen) atoms. The highest BCUT2D eigenvalue weighted by Gasteiger charge is 2.32. The molecular formula is C18H17BrF3N5O3S. The van der Waals surface area contributed by atoms with E-state index in [1.54, 1.807) is 12.1 Å². The van der Waals surface area contributed by atoms with Gasteiger partial charge in [-0.2, -0.15) is 13.2 Å². The molecular weight excluding hydrogens is 503 g/mol. The summed E-state index contributed by atoms with van der Waals surface area (Å²) >= 11 is 4.45. The zero-order chi connectivity index (χ0) is 23.1. The van der Waals surface area contributed by atoms with Crippen LogP contribution in [0.5, 0.6) is 0 Å². The fourth-order valence-electron chi connectivity index (χ4n) is 2.88. The van der Waals surface area contributed by atoms with Crippen molar-refractivity contribution in [2.45, 2.75) is 6.18 Å². The number of halogens is 4. The summed E-state index contributed by atoms with van der Waals surface area (Å²) in [7, 11) is 2.98. The van der Waals surface area contributed by atoms with Gasteiger partial charge in [-0.1, -0.05) is 0 Å². The van der Waals surface area contributed by atoms with Gasteiger partial charge in [-0.05, 0) is 40.2 Å². The number of alkyl halides is 3. The lowest BCUT2D eigenvalue weighted by Crippen LogP contribution is -2.31. The van der Waals surface area contributed by atoms with E-state index < -0.39 is 24.5 Å². The number of hydroxylamine groups is 1. The van der Waals surface area contributed by atoms with Crippen molar-refractivity contribution >= 4 is 67.2 Å². The highest BCUT2D eigenvalue weighted by atomic mass is 79.9. The maximum Gasteiger partial charge on any atom is 0.408 e. The number of nitrogen functional groups attached to an aromatic ring is 1. The molecule has 0 aliphatic heterocycles. The van der Waals surface area contributed by atoms with E-state index in [1.807, 2.05) is 0 Å². The molecule has 166 valence electrons. The van der Waals surface area contributed by atoms with E-state index in [9.17, 15) is 28.0 Å². The summed E-state index contributed by atoms with van der Waals surface area (Å²) in [4.78, 5) is 29.9. The van der Waals surface area contributed by atoms with Crippen LogP contribution >= 0.6 is 27.3 Å². The number of amides is 2. The van der Waals surface area contributed by atoms with Gasteiger partial charge in [0.15, 0.2) is 0 Å². The topological polar surface area (TPSA) is 115 Å². The minimum atomic E-state index is -4.68. The fourth-order valence-corrected chi connectivity index (χ4v) is 4.16. The third-order valence-corrected chi connectivity index (χ3v) is 5.83. The molecule has 1 aromatic carbocycles. The van der Waals surface area contributed by atoms with Crippen molar-refractivity contribution in [3.05, 3.63) is 38.5 Å². The smallest absolute Gasteiger partial charge is 0.397 e. The van der Waals surface area contributed by atoms with Crippen molar-refractivity contribution in [3.63, 3.8) is 0 Å². The molecule has 0 fully saturated rings. The Balaban J connectivity index is 2.11. The zero-order valence-electron chi connectivity index (χ0n) is 16.2. The maximum absolute atomic E-state index is 12.8. The van der Waals surface area contributed by atoms with E-state index >= 15 is 0 Å². The number of fused-ring (bicyclic) bond motifs is 1. The van der Waals surface area contributed by atoms with Gasteiger partial charge in [-0.3, -0.25) is 14.8 Å². The Morgan fingerprint density at radius 3 is 2.52 bits per heavy atom. The Hall–Kier alpha value is -2.77. The molecule has 2 aromatic heterocycles. The number of nitrogens with one attached hydrogen (secondary N) is 2. The first kappa shape index (κ1) is 22.9. The molecule has 5 N–H and O–H groups in total. The second kappa shape index (κ2) is 8.40. The number of carbonyl (C=O) groups excluding carboxylic acids is 2. The number of nitrogens with zero attached hydrogens (tertiary/aromatic N) is 2. The Labute approximate surface area is 186 Å². The van der Waals surface area contributed by atoms with E-state index in [0.717, 1.165) is 3.79 Å². The number of anilines is 3. The molecule has 0 saturated heterocycles. The number of benzene rings is 1. The van der Waals surface area contributed by atoms with Gasteiger partial charge in [0.05, 0.1) is 31.1 Å². The summed E-state index contributed by atoms with van der Waals surface area (Å²) < 4.78 is 38.8. The molecule has 0 radical (unpaired) electrons. The van der Waals surface area contributed by atoms with Crippen LogP contribution in [0.3, 0.4) is 0 Å². The first-order chi connectivity index (χ1) is 14.4. The van der Waals surface area contributed by atoms with Gasteiger partial charge in [0.25, 0.3) is 11.8 Å². The summed E-state index contributed by atoms with van der Waals surface area (Å²) in [6.07, 6.45) is -4.68. The molecule has 0 aliphatic carbocycles. The summed E-state index contributed by atoms with van der Waals surface area (Å²) in [5, 5.41) is 12.7. The van der Waals surface area contributed by atoms with Gasteiger partial charge in [0.2, 0.25) is 0 Å². The van der Waals surface area contributed by atoms with Gasteiger partial charge in [0, 0.05) is 19.5 Å². The molecule has 3 aromatic rings. The SMILES string of the molecule is CN(C)C(=O)c1c(NC(=O)c2ccc(Br)s2)[nH]c2cc(N)c(N(O)CC(F)(F)F)cc12. The normalized spacial score (nSPS) is 11.6. The molecule has 2 heterocycles. The number of rotatable bonds is 5. The van der Waals surface area contributed by atoms with Crippen molar-refractivity contribution in [1.29, 1.82) is 0 Å². The number of hydrogen-bond donors (Lipinski definition) is 4. The van der Waals surface area contributed by atoms with E-state index in [-0.39, 0.29) is 33.2 Å². The lowest BCUT2D eigenvalue weighted by Gasteiger charge is -2.20. The van der Waals surface area contributed by atoms with Crippen LogP contribution in [0.15, 0.2) is 28.1 Å². The average Bonchev–Trinajstić information content (AvgIpc) is 3.21. The van der Waals surface area contributed by atoms with Gasteiger partial charge < -0.3 is 20.9 Å². The number of carbonyl (C=O) groups is 2. The Kier molecular flexibility index (Phi) is 6.21. The maximum atomic E-state index is 12.8. The molecule has 0 bridgehead atoms. The molecule has 8 nitrogen and oxygen atoms in total. The summed E-state index contributed by atoms with van der Waals surface area (Å²) in [5.41, 5.74) is 5.67. The third-order valence-electron chi connectivity index (χ3n) is 4.21. The van der Waals surface area contributed by atoms with Crippen LogP contribution in [0.25, 0.3) is 10.9 Å². The standard InChI is InChI=1S/C18H17BrF3N5O3S/c1-26(2)17(29)14-8-5-11(27(30)7-18(20,21)22)9(23)6-10(8)24-15(14)25-16(28)12-3-4-13(19)31-12/h3-6,24,30H,7,23H2,1-2H3,(H,25,28). The predicted octanol–water partition coefficient (Wildman–Crippen LogP) is 4.29. The fraction of sp³-hybridized carbons (Fsp3) is 0.222. The summed E-state index contributed by atoms with van der Waals surface area (Å²) in [6, 6.07) is 5.74. The largest absolute Gasteiger partial charge is 0.408 e. The van der Waals surface area contributed by atoms with E-state index in [0.29, 0.717) is 10.4 Å². The Morgan fingerprint density at radius 1 is 1.29 bits per heavy atom. The molecule has 13 heteroatoms. The van der Waals surface area contributed by atoms with Crippen molar-refractivity contribution < 1.29 is 28.0 Å².